The van der Waals surface area contributed by atoms with E-state index in [9.17, 15) is 23.2 Å². The molecule has 1 N–H and O–H groups in total. The van der Waals surface area contributed by atoms with E-state index >= 15 is 0 Å². The van der Waals surface area contributed by atoms with Gasteiger partial charge in [-0.2, -0.15) is 46.9 Å². The number of carbonyl (C=O) groups excluding carboxylic acids is 3. The summed E-state index contributed by atoms with van der Waals surface area (Å²) in [7, 11) is 0. The first-order valence-corrected chi connectivity index (χ1v) is 31.6. The lowest BCUT2D eigenvalue weighted by molar-refractivity contribution is -0.152. The maximum atomic E-state index is 14.6. The highest BCUT2D eigenvalue weighted by Gasteiger charge is 2.36. The van der Waals surface area contributed by atoms with Gasteiger partial charge in [0.05, 0.1) is 30.5 Å². The Kier molecular flexibility index (Phi) is 25.3. The van der Waals surface area contributed by atoms with E-state index in [0.29, 0.717) is 93.8 Å². The third-order valence-corrected chi connectivity index (χ3v) is 18.0. The van der Waals surface area contributed by atoms with Crippen molar-refractivity contribution in [1.82, 2.24) is 40.0 Å². The number of likely N-dealkylation sites (tertiary alicyclic amines) is 2. The van der Waals surface area contributed by atoms with Crippen LogP contribution in [-0.2, 0) is 45.1 Å². The predicted molar refractivity (Wildman–Crippen MR) is 370 cm³/mol. The number of anilines is 4. The van der Waals surface area contributed by atoms with E-state index in [1.54, 1.807) is 11.0 Å². The number of halogens is 2. The van der Waals surface area contributed by atoms with Crippen molar-refractivity contribution in [3.63, 3.8) is 0 Å². The van der Waals surface area contributed by atoms with Crippen molar-refractivity contribution in [3.8, 4) is 12.0 Å². The van der Waals surface area contributed by atoms with Crippen LogP contribution in [0.5, 0.6) is 12.0 Å². The fourth-order valence-corrected chi connectivity index (χ4v) is 13.4. The summed E-state index contributed by atoms with van der Waals surface area (Å²) in [5.41, 5.74) is 6.08. The number of piperazine rings is 2. The Morgan fingerprint density at radius 1 is 0.591 bits per heavy atom. The first-order chi connectivity index (χ1) is 44.3. The topological polar surface area (TPSA) is 174 Å². The molecule has 2 unspecified atom stereocenters. The number of nitrogens with one attached hydrogen (secondary N) is 1. The molecule has 6 aliphatic rings. The van der Waals surface area contributed by atoms with Crippen molar-refractivity contribution in [2.75, 3.05) is 124 Å². The number of hydrogen-bond donors (Lipinski definition) is 1. The molecule has 4 saturated heterocycles. The Morgan fingerprint density at radius 3 is 1.54 bits per heavy atom. The molecule has 20 nitrogen and oxygen atoms in total. The second-order valence-corrected chi connectivity index (χ2v) is 23.3. The van der Waals surface area contributed by atoms with Gasteiger partial charge < -0.3 is 53.7 Å². The molecule has 8 heterocycles. The van der Waals surface area contributed by atoms with Crippen molar-refractivity contribution >= 4 is 89.4 Å². The molecule has 6 aromatic rings. The summed E-state index contributed by atoms with van der Waals surface area (Å²) in [5, 5.41) is 6.50. The molecular formula is C69H84F2N14O6S2. The Labute approximate surface area is 557 Å². The van der Waals surface area contributed by atoms with Crippen LogP contribution >= 0.6 is 27.0 Å². The molecule has 0 saturated carbocycles. The third-order valence-electron chi connectivity index (χ3n) is 18.0. The van der Waals surface area contributed by atoms with Gasteiger partial charge >= 0.3 is 24.0 Å². The maximum absolute atomic E-state index is 14.6. The highest BCUT2D eigenvalue weighted by molar-refractivity contribution is 7.59. The number of amides is 1. The smallest absolute Gasteiger partial charge is 0.338 e. The minimum atomic E-state index is -0.764. The largest absolute Gasteiger partial charge is 0.462 e. The van der Waals surface area contributed by atoms with Crippen LogP contribution in [0.25, 0.3) is 31.2 Å². The van der Waals surface area contributed by atoms with Gasteiger partial charge in [-0.15, -0.1) is 0 Å². The molecule has 6 aliphatic heterocycles. The van der Waals surface area contributed by atoms with Gasteiger partial charge in [0.1, 0.15) is 42.5 Å². The summed E-state index contributed by atoms with van der Waals surface area (Å²) in [6.45, 7) is 41.6. The van der Waals surface area contributed by atoms with Crippen LogP contribution in [0.3, 0.4) is 0 Å². The number of carbonyl (C=O) groups is 3. The summed E-state index contributed by atoms with van der Waals surface area (Å²) < 4.78 is 45.8. The Balaban J connectivity index is 0.000000208. The lowest BCUT2D eigenvalue weighted by atomic mass is 10.0. The second kappa shape index (κ2) is 33.4. The molecule has 0 spiro atoms. The molecule has 4 fully saturated rings. The quantitative estimate of drug-likeness (QED) is 0.0397. The normalized spacial score (nSPS) is 19.4. The van der Waals surface area contributed by atoms with Crippen LogP contribution < -0.4 is 34.4 Å². The van der Waals surface area contributed by atoms with Crippen LogP contribution in [0, 0.1) is 24.8 Å². The molecule has 24 heteroatoms. The van der Waals surface area contributed by atoms with Crippen molar-refractivity contribution < 1.29 is 37.4 Å². The predicted octanol–water partition coefficient (Wildman–Crippen LogP) is 8.86. The number of likely N-dealkylation sites (N-methyl/N-ethyl adjacent to an activating group) is 2. The molecule has 0 radical (unpaired) electrons. The van der Waals surface area contributed by atoms with E-state index in [0.717, 1.165) is 153 Å². The summed E-state index contributed by atoms with van der Waals surface area (Å²) >= 11 is 0. The van der Waals surface area contributed by atoms with Crippen LogP contribution in [0.2, 0.25) is 0 Å². The number of esters is 2. The van der Waals surface area contributed by atoms with Gasteiger partial charge in [0.2, 0.25) is 19.0 Å². The molecule has 4 aromatic carbocycles. The maximum Gasteiger partial charge on any atom is 0.338 e. The van der Waals surface area contributed by atoms with Crippen molar-refractivity contribution in [1.29, 1.82) is 0 Å². The minimum Gasteiger partial charge on any atom is -0.462 e. The van der Waals surface area contributed by atoms with Crippen molar-refractivity contribution in [2.45, 2.75) is 89.6 Å². The number of aromatic nitrogens is 4. The zero-order valence-electron chi connectivity index (χ0n) is 53.1. The van der Waals surface area contributed by atoms with Gasteiger partial charge in [0.15, 0.2) is 0 Å². The molecule has 2 aromatic heterocycles. The monoisotopic (exact) mass is 1310 g/mol. The molecule has 4 atom stereocenters. The van der Waals surface area contributed by atoms with Gasteiger partial charge in [0.25, 0.3) is 0 Å². The van der Waals surface area contributed by atoms with E-state index in [1.165, 1.54) is 18.6 Å². The second-order valence-electron chi connectivity index (χ2n) is 23.3. The number of fused-ring (bicyclic) bond motifs is 4. The van der Waals surface area contributed by atoms with Crippen LogP contribution in [0.1, 0.15) is 62.0 Å². The van der Waals surface area contributed by atoms with Crippen LogP contribution in [-0.4, -0.2) is 181 Å². The van der Waals surface area contributed by atoms with Gasteiger partial charge in [-0.05, 0) is 95.0 Å². The number of hydrogen-bond acceptors (Lipinski definition) is 17. The van der Waals surface area contributed by atoms with Gasteiger partial charge in [0, 0.05) is 121 Å². The van der Waals surface area contributed by atoms with Gasteiger partial charge in [-0.3, -0.25) is 14.6 Å². The Hall–Kier alpha value is -8.39. The summed E-state index contributed by atoms with van der Waals surface area (Å²) in [6.07, 6.45) is 9.21. The molecular weight excluding hydrogens is 1220 g/mol. The Bertz CT molecular complexity index is 3720. The molecule has 93 heavy (non-hydrogen) atoms. The number of ether oxygens (including phenoxy) is 3. The SMILES string of the molecule is C=CC(=O)OC(=O)C=C.S.S.[C-]#[N+]CC1CN(c2nc(OC[C@@H]3CCCN3CC)nc3c2CCN(c2ccc(F)c4ccccc24)C3)CCN1.[C-]#[N+]CC1CN(c2nc(OC[C@@H]3CCCN3CC)nc3c2CCN(c2ccc(F)c4ccccc24)C3)CCN1C(=O)C=C. The van der Waals surface area contributed by atoms with E-state index in [1.807, 2.05) is 60.7 Å². The van der Waals surface area contributed by atoms with Gasteiger partial charge in [-0.1, -0.05) is 82.1 Å². The highest BCUT2D eigenvalue weighted by atomic mass is 32.1. The number of nitrogens with zero attached hydrogens (tertiary/aromatic N) is 13. The Morgan fingerprint density at radius 2 is 1.08 bits per heavy atom. The standard InChI is InChI=1S/C33H38FN7O2.C30H36FN7O.C6H6O3.2H2S/c1-4-31(42)41-18-17-40(20-24(41)19-35-3)32-27-14-16-39(30-13-12-28(34)25-10-6-7-11-26(25)30)21-29(27)36-33(37-32)43-22-23-9-8-15-38(23)5-2;1-3-36-14-6-7-22(36)20-39-30-34-27-19-37(28-11-10-26(31)23-8-4-5-9-24(23)28)15-12-25(27)29(35-30)38-16-13-33-21(18-38)17-32-2;1-3-5(7)9-6(8)4-2;;/h4,6-7,10-13,23-24H,1,5,8-9,14-22H2,2H3;4-5,8-11,21-22,33H,3,6-7,12-20H2,1H3;3-4H,1-2H2;2*1H2/t23-,24?;21?,22-;;;/m00.../s1. The average molecular weight is 1310 g/mol. The van der Waals surface area contributed by atoms with E-state index in [4.69, 9.17) is 42.6 Å². The third kappa shape index (κ3) is 16.7. The minimum absolute atomic E-state index is 0. The summed E-state index contributed by atoms with van der Waals surface area (Å²) in [6, 6.07) is 23.5. The van der Waals surface area contributed by atoms with E-state index in [2.05, 4.69) is 82.7 Å². The number of benzene rings is 4. The zero-order valence-corrected chi connectivity index (χ0v) is 55.1. The molecule has 12 rings (SSSR count). The molecule has 0 bridgehead atoms. The lowest BCUT2D eigenvalue weighted by Gasteiger charge is -2.41. The summed E-state index contributed by atoms with van der Waals surface area (Å²) in [4.78, 5) is 75.6. The zero-order chi connectivity index (χ0) is 64.0. The molecule has 492 valence electrons. The van der Waals surface area contributed by atoms with Crippen LogP contribution in [0.15, 0.2) is 111 Å². The lowest BCUT2D eigenvalue weighted by Crippen LogP contribution is -2.56. The van der Waals surface area contributed by atoms with Crippen molar-refractivity contribution in [3.05, 3.63) is 168 Å². The molecule has 0 aliphatic carbocycles. The van der Waals surface area contributed by atoms with Crippen molar-refractivity contribution in [2.24, 2.45) is 0 Å². The van der Waals surface area contributed by atoms with E-state index < -0.39 is 11.9 Å². The first-order valence-electron chi connectivity index (χ1n) is 31.6. The average Bonchev–Trinajstić information content (AvgIpc) is 1.12. The van der Waals surface area contributed by atoms with Gasteiger partial charge in [-0.25, -0.2) is 31.5 Å². The van der Waals surface area contributed by atoms with Crippen LogP contribution in [0.4, 0.5) is 31.8 Å². The molecule has 1 amide bonds. The first kappa shape index (κ1) is 70.5. The number of rotatable bonds is 17. The van der Waals surface area contributed by atoms with E-state index in [-0.39, 0.29) is 63.2 Å². The highest BCUT2D eigenvalue weighted by Crippen LogP contribution is 2.38. The fraction of sp³-hybridized carbons (Fsp3) is 0.435. The summed E-state index contributed by atoms with van der Waals surface area (Å²) in [5.74, 6) is -0.348. The fourth-order valence-electron chi connectivity index (χ4n) is 13.4.